The molecule has 5 N–H and O–H groups in total. The number of pyridine rings is 1. The van der Waals surface area contributed by atoms with Gasteiger partial charge in [0, 0.05) is 22.3 Å². The largest absolute Gasteiger partial charge is 0.479 e. The molecule has 0 radical (unpaired) electrons. The van der Waals surface area contributed by atoms with Crippen LogP contribution in [0.15, 0.2) is 65.6 Å². The minimum atomic E-state index is -1.93. The minimum Gasteiger partial charge on any atom is -0.479 e. The molecule has 170 valence electrons. The molecule has 3 rings (SSSR count). The average molecular weight is 471 g/mol. The third-order valence-corrected chi connectivity index (χ3v) is 5.33. The van der Waals surface area contributed by atoms with Gasteiger partial charge in [0.05, 0.1) is 17.2 Å². The number of carboxylic acid groups (broad SMARTS) is 2. The molecule has 1 heterocycles. The number of nitrogens with one attached hydrogen (secondary N) is 2. The number of aromatic nitrogens is 1. The molecule has 0 spiro atoms. The fourth-order valence-electron chi connectivity index (χ4n) is 3.29. The normalized spacial score (nSPS) is 12.5. The number of halogens is 1. The molecule has 3 aromatic rings. The smallest absolute Gasteiger partial charge is 0.336 e. The van der Waals surface area contributed by atoms with Gasteiger partial charge in [-0.2, -0.15) is 0 Å². The number of hydrogen-bond donors (Lipinski definition) is 5. The Morgan fingerprint density at radius 3 is 2.33 bits per heavy atom. The summed E-state index contributed by atoms with van der Waals surface area (Å²) in [5, 5.41) is 31.6. The van der Waals surface area contributed by atoms with Crippen molar-refractivity contribution in [3.63, 3.8) is 0 Å². The van der Waals surface area contributed by atoms with Crippen LogP contribution in [0.25, 0.3) is 11.1 Å². The van der Waals surface area contributed by atoms with Gasteiger partial charge in [-0.3, -0.25) is 9.59 Å². The molecule has 2 aromatic carbocycles. The summed E-state index contributed by atoms with van der Waals surface area (Å²) in [6.07, 6.45) is -0.888. The van der Waals surface area contributed by atoms with Gasteiger partial charge >= 0.3 is 11.9 Å². The van der Waals surface area contributed by atoms with E-state index in [9.17, 15) is 34.5 Å². The van der Waals surface area contributed by atoms with E-state index in [4.69, 9.17) is 11.6 Å². The standard InChI is InChI=1S/C23H19ClN2O7/c24-17-8-4-1-5-12(17)10-18(19(27)23(32)33)26-20(28)13-9-16(21(29)25-11-13)14-6-2-3-7-15(14)22(30)31/h1-9,11,18-19,27H,10H2,(H,25,29)(H,26,28)(H,30,31)(H,32,33)/t18-,19-/m1/s1. The van der Waals surface area contributed by atoms with E-state index in [1.165, 1.54) is 24.3 Å². The number of benzene rings is 2. The van der Waals surface area contributed by atoms with Crippen molar-refractivity contribution >= 4 is 29.4 Å². The fourth-order valence-corrected chi connectivity index (χ4v) is 3.50. The number of amides is 1. The van der Waals surface area contributed by atoms with E-state index >= 15 is 0 Å². The number of aliphatic hydroxyl groups excluding tert-OH is 1. The van der Waals surface area contributed by atoms with Crippen LogP contribution < -0.4 is 10.9 Å². The number of carbonyl (C=O) groups is 3. The van der Waals surface area contributed by atoms with Crippen molar-refractivity contribution in [3.05, 3.63) is 92.9 Å². The number of carboxylic acids is 2. The number of H-pyrrole nitrogens is 1. The summed E-state index contributed by atoms with van der Waals surface area (Å²) >= 11 is 6.12. The molecule has 0 aliphatic heterocycles. The summed E-state index contributed by atoms with van der Waals surface area (Å²) in [5.41, 5.74) is -0.230. The summed E-state index contributed by atoms with van der Waals surface area (Å²) in [7, 11) is 0. The average Bonchev–Trinajstić information content (AvgIpc) is 2.79. The summed E-state index contributed by atoms with van der Waals surface area (Å²) in [5.74, 6) is -3.56. The van der Waals surface area contributed by atoms with Crippen LogP contribution in [0.5, 0.6) is 0 Å². The first kappa shape index (κ1) is 23.7. The zero-order chi connectivity index (χ0) is 24.1. The molecule has 1 amide bonds. The molecule has 10 heteroatoms. The van der Waals surface area contributed by atoms with Crippen LogP contribution in [-0.4, -0.2) is 50.3 Å². The first-order valence-corrected chi connectivity index (χ1v) is 10.1. The molecule has 0 aliphatic rings. The summed E-state index contributed by atoms with van der Waals surface area (Å²) < 4.78 is 0. The van der Waals surface area contributed by atoms with Gasteiger partial charge in [0.15, 0.2) is 6.10 Å². The van der Waals surface area contributed by atoms with Gasteiger partial charge in [0.1, 0.15) is 0 Å². The maximum atomic E-state index is 12.9. The maximum Gasteiger partial charge on any atom is 0.336 e. The second kappa shape index (κ2) is 10.1. The molecule has 1 aromatic heterocycles. The molecule has 0 saturated carbocycles. The van der Waals surface area contributed by atoms with Crippen LogP contribution in [0, 0.1) is 0 Å². The third kappa shape index (κ3) is 5.46. The number of aromatic amines is 1. The lowest BCUT2D eigenvalue weighted by molar-refractivity contribution is -0.148. The molecule has 9 nitrogen and oxygen atoms in total. The molecule has 0 saturated heterocycles. The highest BCUT2D eigenvalue weighted by atomic mass is 35.5. The van der Waals surface area contributed by atoms with Crippen LogP contribution in [0.3, 0.4) is 0 Å². The van der Waals surface area contributed by atoms with Crippen molar-refractivity contribution in [2.45, 2.75) is 18.6 Å². The van der Waals surface area contributed by atoms with E-state index in [2.05, 4.69) is 10.3 Å². The summed E-state index contributed by atoms with van der Waals surface area (Å²) in [6, 6.07) is 12.4. The van der Waals surface area contributed by atoms with Crippen molar-refractivity contribution in [2.24, 2.45) is 0 Å². The lowest BCUT2D eigenvalue weighted by Crippen LogP contribution is -2.48. The van der Waals surface area contributed by atoms with Gasteiger partial charge < -0.3 is 25.6 Å². The SMILES string of the molecule is O=C(N[C@H](Cc1ccccc1Cl)[C@@H](O)C(=O)O)c1c[nH]c(=O)c(-c2ccccc2C(=O)O)c1. The molecular formula is C23H19ClN2O7. The van der Waals surface area contributed by atoms with E-state index in [0.29, 0.717) is 10.6 Å². The van der Waals surface area contributed by atoms with Crippen LogP contribution in [0.1, 0.15) is 26.3 Å². The molecule has 0 bridgehead atoms. The monoisotopic (exact) mass is 470 g/mol. The van der Waals surface area contributed by atoms with Crippen molar-refractivity contribution in [2.75, 3.05) is 0 Å². The highest BCUT2D eigenvalue weighted by Gasteiger charge is 2.29. The van der Waals surface area contributed by atoms with Crippen molar-refractivity contribution in [3.8, 4) is 11.1 Å². The Labute approximate surface area is 192 Å². The summed E-state index contributed by atoms with van der Waals surface area (Å²) in [6.45, 7) is 0. The zero-order valence-electron chi connectivity index (χ0n) is 17.0. The molecule has 0 fully saturated rings. The van der Waals surface area contributed by atoms with Gasteiger partial charge in [-0.15, -0.1) is 0 Å². The molecule has 2 atom stereocenters. The second-order valence-electron chi connectivity index (χ2n) is 7.14. The Morgan fingerprint density at radius 2 is 1.67 bits per heavy atom. The van der Waals surface area contributed by atoms with Gasteiger partial charge in [-0.1, -0.05) is 48.0 Å². The second-order valence-corrected chi connectivity index (χ2v) is 7.55. The van der Waals surface area contributed by atoms with E-state index < -0.39 is 35.6 Å². The summed E-state index contributed by atoms with van der Waals surface area (Å²) in [4.78, 5) is 50.5. The lowest BCUT2D eigenvalue weighted by Gasteiger charge is -2.22. The Morgan fingerprint density at radius 1 is 1.00 bits per heavy atom. The van der Waals surface area contributed by atoms with Crippen LogP contribution in [0.4, 0.5) is 0 Å². The first-order chi connectivity index (χ1) is 15.7. The Hall–Kier alpha value is -3.95. The van der Waals surface area contributed by atoms with Crippen LogP contribution >= 0.6 is 11.6 Å². The number of carbonyl (C=O) groups excluding carboxylic acids is 1. The van der Waals surface area contributed by atoms with Crippen LogP contribution in [-0.2, 0) is 11.2 Å². The Balaban J connectivity index is 1.94. The molecular weight excluding hydrogens is 452 g/mol. The highest BCUT2D eigenvalue weighted by Crippen LogP contribution is 2.22. The number of rotatable bonds is 8. The minimum absolute atomic E-state index is 0.0536. The number of aliphatic carboxylic acids is 1. The predicted octanol–water partition coefficient (Wildman–Crippen LogP) is 2.18. The van der Waals surface area contributed by atoms with Crippen LogP contribution in [0.2, 0.25) is 5.02 Å². The molecule has 0 aliphatic carbocycles. The number of aromatic carboxylic acids is 1. The quantitative estimate of drug-likeness (QED) is 0.337. The first-order valence-electron chi connectivity index (χ1n) is 9.69. The number of aliphatic hydroxyl groups is 1. The molecule has 0 unspecified atom stereocenters. The lowest BCUT2D eigenvalue weighted by atomic mass is 9.98. The van der Waals surface area contributed by atoms with Crippen molar-refractivity contribution in [1.29, 1.82) is 0 Å². The Kier molecular flexibility index (Phi) is 7.27. The van der Waals surface area contributed by atoms with E-state index in [0.717, 1.165) is 6.20 Å². The van der Waals surface area contributed by atoms with Gasteiger partial charge in [0.25, 0.3) is 11.5 Å². The van der Waals surface area contributed by atoms with Crippen molar-refractivity contribution in [1.82, 2.24) is 10.3 Å². The Bertz CT molecular complexity index is 1270. The maximum absolute atomic E-state index is 12.9. The predicted molar refractivity (Wildman–Crippen MR) is 120 cm³/mol. The molecule has 33 heavy (non-hydrogen) atoms. The van der Waals surface area contributed by atoms with Gasteiger partial charge in [-0.05, 0) is 30.2 Å². The van der Waals surface area contributed by atoms with E-state index in [-0.39, 0.29) is 28.7 Å². The third-order valence-electron chi connectivity index (χ3n) is 4.96. The van der Waals surface area contributed by atoms with E-state index in [1.54, 1.807) is 30.3 Å². The van der Waals surface area contributed by atoms with Gasteiger partial charge in [0.2, 0.25) is 0 Å². The van der Waals surface area contributed by atoms with Crippen molar-refractivity contribution < 1.29 is 29.7 Å². The zero-order valence-corrected chi connectivity index (χ0v) is 17.7. The van der Waals surface area contributed by atoms with Gasteiger partial charge in [-0.25, -0.2) is 9.59 Å². The number of hydrogen-bond acceptors (Lipinski definition) is 5. The highest BCUT2D eigenvalue weighted by molar-refractivity contribution is 6.31. The topological polar surface area (TPSA) is 157 Å². The fraction of sp³-hybridized carbons (Fsp3) is 0.130. The van der Waals surface area contributed by atoms with E-state index in [1.807, 2.05) is 0 Å².